The highest BCUT2D eigenvalue weighted by Gasteiger charge is 2.14. The van der Waals surface area contributed by atoms with Crippen LogP contribution in [0.2, 0.25) is 0 Å². The van der Waals surface area contributed by atoms with Crippen LogP contribution < -0.4 is 10.9 Å². The number of para-hydroxylation sites is 1. The Balaban J connectivity index is 1.45. The van der Waals surface area contributed by atoms with Gasteiger partial charge in [0.15, 0.2) is 0 Å². The summed E-state index contributed by atoms with van der Waals surface area (Å²) in [7, 11) is 1.87. The normalized spacial score (nSPS) is 10.7. The van der Waals surface area contributed by atoms with E-state index in [4.69, 9.17) is 0 Å². The van der Waals surface area contributed by atoms with Crippen LogP contribution in [0.4, 0.5) is 0 Å². The summed E-state index contributed by atoms with van der Waals surface area (Å²) in [6.07, 6.45) is 4.74. The molecule has 4 rings (SSSR count). The summed E-state index contributed by atoms with van der Waals surface area (Å²) in [6, 6.07) is 14.4. The number of carbonyl (C=O) groups is 2. The molecule has 0 radical (unpaired) electrons. The van der Waals surface area contributed by atoms with Crippen molar-refractivity contribution in [1.29, 1.82) is 0 Å². The van der Waals surface area contributed by atoms with Crippen LogP contribution in [-0.4, -0.2) is 31.1 Å². The van der Waals surface area contributed by atoms with Crippen molar-refractivity contribution in [2.24, 2.45) is 7.05 Å². The second-order valence-electron chi connectivity index (χ2n) is 5.97. The Morgan fingerprint density at radius 1 is 0.963 bits per heavy atom. The molecule has 2 aromatic heterocycles. The number of hydrazine groups is 1. The number of rotatable bonds is 3. The first-order chi connectivity index (χ1) is 13.1. The van der Waals surface area contributed by atoms with Crippen molar-refractivity contribution in [2.45, 2.75) is 0 Å². The molecule has 2 amide bonds. The maximum atomic E-state index is 12.5. The molecule has 8 heteroatoms. The molecule has 134 valence electrons. The van der Waals surface area contributed by atoms with Crippen LogP contribution in [0.15, 0.2) is 67.4 Å². The zero-order valence-electron chi connectivity index (χ0n) is 14.5. The zero-order chi connectivity index (χ0) is 18.8. The second-order valence-corrected chi connectivity index (χ2v) is 5.97. The van der Waals surface area contributed by atoms with Gasteiger partial charge in [-0.2, -0.15) is 5.10 Å². The summed E-state index contributed by atoms with van der Waals surface area (Å²) in [4.78, 5) is 28.6. The third-order valence-corrected chi connectivity index (χ3v) is 4.24. The van der Waals surface area contributed by atoms with Gasteiger partial charge in [-0.15, -0.1) is 0 Å². The van der Waals surface area contributed by atoms with Crippen molar-refractivity contribution >= 4 is 22.7 Å². The fourth-order valence-electron chi connectivity index (χ4n) is 2.88. The molecular formula is C19H16N6O2. The molecule has 27 heavy (non-hydrogen) atoms. The van der Waals surface area contributed by atoms with Gasteiger partial charge in [0.2, 0.25) is 0 Å². The average Bonchev–Trinajstić information content (AvgIpc) is 3.35. The van der Waals surface area contributed by atoms with Gasteiger partial charge in [-0.05, 0) is 30.3 Å². The molecule has 0 atom stereocenters. The molecule has 4 aromatic rings. The molecule has 0 fully saturated rings. The Morgan fingerprint density at radius 3 is 2.44 bits per heavy atom. The molecule has 0 bridgehead atoms. The van der Waals surface area contributed by atoms with Gasteiger partial charge in [0.25, 0.3) is 11.8 Å². The first kappa shape index (κ1) is 16.5. The van der Waals surface area contributed by atoms with Crippen LogP contribution in [0.5, 0.6) is 0 Å². The number of aryl methyl sites for hydroxylation is 1. The molecular weight excluding hydrogens is 344 g/mol. The SMILES string of the molecule is Cn1cc(C(=O)NNC(=O)c2ccc(-n3cncn3)cc2)c2ccccc21. The van der Waals surface area contributed by atoms with E-state index in [-0.39, 0.29) is 5.91 Å². The quantitative estimate of drug-likeness (QED) is 0.545. The summed E-state index contributed by atoms with van der Waals surface area (Å²) < 4.78 is 3.46. The van der Waals surface area contributed by atoms with Gasteiger partial charge in [-0.3, -0.25) is 20.4 Å². The predicted octanol–water partition coefficient (Wildman–Crippen LogP) is 1.83. The van der Waals surface area contributed by atoms with Crippen LogP contribution in [0.25, 0.3) is 16.6 Å². The third-order valence-electron chi connectivity index (χ3n) is 4.24. The second kappa shape index (κ2) is 6.75. The highest BCUT2D eigenvalue weighted by molar-refractivity contribution is 6.08. The predicted molar refractivity (Wildman–Crippen MR) is 99.2 cm³/mol. The Kier molecular flexibility index (Phi) is 4.13. The lowest BCUT2D eigenvalue weighted by atomic mass is 10.1. The number of nitrogens with zero attached hydrogens (tertiary/aromatic N) is 4. The number of amides is 2. The number of carbonyl (C=O) groups excluding carboxylic acids is 2. The standard InChI is InChI=1S/C19H16N6O2/c1-24-10-16(15-4-2-3-5-17(15)24)19(27)23-22-18(26)13-6-8-14(9-7-13)25-12-20-11-21-25/h2-12H,1H3,(H,22,26)(H,23,27). The van der Waals surface area contributed by atoms with Crippen molar-refractivity contribution in [3.8, 4) is 5.69 Å². The van der Waals surface area contributed by atoms with Gasteiger partial charge in [0.05, 0.1) is 11.3 Å². The van der Waals surface area contributed by atoms with E-state index in [1.807, 2.05) is 35.9 Å². The monoisotopic (exact) mass is 360 g/mol. The number of benzene rings is 2. The molecule has 0 spiro atoms. The van der Waals surface area contributed by atoms with Crippen molar-refractivity contribution in [2.75, 3.05) is 0 Å². The van der Waals surface area contributed by atoms with Crippen LogP contribution in [-0.2, 0) is 7.05 Å². The molecule has 0 saturated carbocycles. The smallest absolute Gasteiger partial charge is 0.271 e. The molecule has 0 unspecified atom stereocenters. The first-order valence-electron chi connectivity index (χ1n) is 8.23. The van der Waals surface area contributed by atoms with Crippen molar-refractivity contribution in [1.82, 2.24) is 30.2 Å². The first-order valence-corrected chi connectivity index (χ1v) is 8.23. The topological polar surface area (TPSA) is 93.8 Å². The van der Waals surface area contributed by atoms with E-state index >= 15 is 0 Å². The van der Waals surface area contributed by atoms with E-state index in [0.29, 0.717) is 11.1 Å². The van der Waals surface area contributed by atoms with Gasteiger partial charge in [0.1, 0.15) is 12.7 Å². The lowest BCUT2D eigenvalue weighted by Crippen LogP contribution is -2.41. The molecule has 0 aliphatic heterocycles. The lowest BCUT2D eigenvalue weighted by molar-refractivity contribution is 0.0847. The summed E-state index contributed by atoms with van der Waals surface area (Å²) in [5.41, 5.74) is 7.54. The average molecular weight is 360 g/mol. The Bertz CT molecular complexity index is 1110. The number of hydrogen-bond donors (Lipinski definition) is 2. The maximum Gasteiger partial charge on any atom is 0.271 e. The van der Waals surface area contributed by atoms with Crippen LogP contribution >= 0.6 is 0 Å². The molecule has 2 aromatic carbocycles. The van der Waals surface area contributed by atoms with Crippen molar-refractivity contribution in [3.05, 3.63) is 78.5 Å². The van der Waals surface area contributed by atoms with Gasteiger partial charge in [-0.25, -0.2) is 9.67 Å². The van der Waals surface area contributed by atoms with Crippen LogP contribution in [0, 0.1) is 0 Å². The van der Waals surface area contributed by atoms with E-state index in [9.17, 15) is 9.59 Å². The van der Waals surface area contributed by atoms with Gasteiger partial charge >= 0.3 is 0 Å². The molecule has 0 aliphatic carbocycles. The maximum absolute atomic E-state index is 12.5. The summed E-state index contributed by atoms with van der Waals surface area (Å²) in [5.74, 6) is -0.784. The van der Waals surface area contributed by atoms with Gasteiger partial charge < -0.3 is 4.57 Å². The fourth-order valence-corrected chi connectivity index (χ4v) is 2.88. The Labute approximate surface area is 154 Å². The molecule has 0 saturated heterocycles. The van der Waals surface area contributed by atoms with E-state index in [1.54, 1.807) is 41.5 Å². The minimum absolute atomic E-state index is 0.376. The number of hydrogen-bond acceptors (Lipinski definition) is 4. The third kappa shape index (κ3) is 3.15. The van der Waals surface area contributed by atoms with Crippen molar-refractivity contribution in [3.63, 3.8) is 0 Å². The van der Waals surface area contributed by atoms with Gasteiger partial charge in [0, 0.05) is 29.7 Å². The zero-order valence-corrected chi connectivity index (χ0v) is 14.5. The number of aromatic nitrogens is 4. The fraction of sp³-hybridized carbons (Fsp3) is 0.0526. The molecule has 2 N–H and O–H groups in total. The van der Waals surface area contributed by atoms with E-state index in [2.05, 4.69) is 20.9 Å². The minimum atomic E-state index is -0.409. The number of nitrogens with one attached hydrogen (secondary N) is 2. The van der Waals surface area contributed by atoms with E-state index in [0.717, 1.165) is 16.6 Å². The lowest BCUT2D eigenvalue weighted by Gasteiger charge is -2.07. The van der Waals surface area contributed by atoms with E-state index < -0.39 is 5.91 Å². The molecule has 8 nitrogen and oxygen atoms in total. The Morgan fingerprint density at radius 2 is 1.70 bits per heavy atom. The largest absolute Gasteiger partial charge is 0.350 e. The van der Waals surface area contributed by atoms with Crippen molar-refractivity contribution < 1.29 is 9.59 Å². The van der Waals surface area contributed by atoms with Crippen LogP contribution in [0.1, 0.15) is 20.7 Å². The summed E-state index contributed by atoms with van der Waals surface area (Å²) in [5, 5.41) is 4.85. The minimum Gasteiger partial charge on any atom is -0.350 e. The summed E-state index contributed by atoms with van der Waals surface area (Å²) >= 11 is 0. The van der Waals surface area contributed by atoms with E-state index in [1.165, 1.54) is 6.33 Å². The molecule has 2 heterocycles. The van der Waals surface area contributed by atoms with Crippen LogP contribution in [0.3, 0.4) is 0 Å². The highest BCUT2D eigenvalue weighted by Crippen LogP contribution is 2.19. The van der Waals surface area contributed by atoms with Gasteiger partial charge in [-0.1, -0.05) is 18.2 Å². The highest BCUT2D eigenvalue weighted by atomic mass is 16.2. The Hall–Kier alpha value is -3.94. The summed E-state index contributed by atoms with van der Waals surface area (Å²) in [6.45, 7) is 0. The molecule has 0 aliphatic rings. The number of fused-ring (bicyclic) bond motifs is 1.